The molecule has 0 saturated carbocycles. The normalized spacial score (nSPS) is 10.9. The summed E-state index contributed by atoms with van der Waals surface area (Å²) in [6.45, 7) is 6.96. The van der Waals surface area contributed by atoms with Crippen LogP contribution in [0, 0.1) is 5.41 Å². The van der Waals surface area contributed by atoms with Gasteiger partial charge in [0, 0.05) is 17.8 Å². The first-order valence-corrected chi connectivity index (χ1v) is 5.32. The van der Waals surface area contributed by atoms with Crippen LogP contribution in [0.3, 0.4) is 0 Å². The summed E-state index contributed by atoms with van der Waals surface area (Å²) >= 11 is 0. The lowest BCUT2D eigenvalue weighted by Crippen LogP contribution is -2.29. The van der Waals surface area contributed by atoms with Crippen LogP contribution in [0.2, 0.25) is 0 Å². The van der Waals surface area contributed by atoms with E-state index in [1.165, 1.54) is 0 Å². The third kappa shape index (κ3) is 4.68. The van der Waals surface area contributed by atoms with Crippen LogP contribution >= 0.6 is 0 Å². The fourth-order valence-corrected chi connectivity index (χ4v) is 1.34. The van der Waals surface area contributed by atoms with Gasteiger partial charge in [-0.3, -0.25) is 5.41 Å². The average molecular weight is 220 g/mol. The summed E-state index contributed by atoms with van der Waals surface area (Å²) in [6.07, 6.45) is 0. The Hall–Kier alpha value is -1.71. The van der Waals surface area contributed by atoms with Gasteiger partial charge in [0.1, 0.15) is 0 Å². The van der Waals surface area contributed by atoms with Crippen molar-refractivity contribution in [3.05, 3.63) is 29.8 Å². The predicted molar refractivity (Wildman–Crippen MR) is 68.6 cm³/mol. The zero-order valence-electron chi connectivity index (χ0n) is 10.1. The second kappa shape index (κ2) is 4.88. The Kier molecular flexibility index (Phi) is 3.77. The van der Waals surface area contributed by atoms with Crippen LogP contribution in [0.4, 0.5) is 5.69 Å². The molecule has 0 bridgehead atoms. The van der Waals surface area contributed by atoms with Crippen LogP contribution in [-0.2, 0) is 6.54 Å². The SMILES string of the molecule is CC(C)(C)Nc1ccc(CNC(=N)N)cc1. The first-order chi connectivity index (χ1) is 7.37. The van der Waals surface area contributed by atoms with E-state index < -0.39 is 0 Å². The molecule has 1 rings (SSSR count). The Morgan fingerprint density at radius 1 is 1.25 bits per heavy atom. The summed E-state index contributed by atoms with van der Waals surface area (Å²) in [5.74, 6) is -0.00288. The molecule has 0 aromatic heterocycles. The minimum Gasteiger partial charge on any atom is -0.380 e. The number of hydrogen-bond acceptors (Lipinski definition) is 2. The van der Waals surface area contributed by atoms with Gasteiger partial charge < -0.3 is 16.4 Å². The standard InChI is InChI=1S/C12H20N4/c1-12(2,3)16-10-6-4-9(5-7-10)8-15-11(13)14/h4-7,16H,8H2,1-3H3,(H4,13,14,15). The minimum atomic E-state index is -0.00288. The Labute approximate surface area is 96.7 Å². The van der Waals surface area contributed by atoms with Crippen molar-refractivity contribution in [3.63, 3.8) is 0 Å². The van der Waals surface area contributed by atoms with E-state index in [4.69, 9.17) is 11.1 Å². The third-order valence-electron chi connectivity index (χ3n) is 1.96. The number of benzene rings is 1. The highest BCUT2D eigenvalue weighted by atomic mass is 15.0. The molecule has 0 aliphatic carbocycles. The fraction of sp³-hybridized carbons (Fsp3) is 0.417. The number of hydrogen-bond donors (Lipinski definition) is 4. The molecule has 0 amide bonds. The smallest absolute Gasteiger partial charge is 0.185 e. The molecule has 0 radical (unpaired) electrons. The second-order valence-electron chi connectivity index (χ2n) is 4.84. The van der Waals surface area contributed by atoms with Crippen LogP contribution in [0.15, 0.2) is 24.3 Å². The molecule has 5 N–H and O–H groups in total. The quantitative estimate of drug-likeness (QED) is 0.464. The van der Waals surface area contributed by atoms with Gasteiger partial charge in [-0.05, 0) is 38.5 Å². The Morgan fingerprint density at radius 2 is 1.81 bits per heavy atom. The van der Waals surface area contributed by atoms with Gasteiger partial charge in [0.25, 0.3) is 0 Å². The lowest BCUT2D eigenvalue weighted by atomic mass is 10.1. The van der Waals surface area contributed by atoms with E-state index >= 15 is 0 Å². The van der Waals surface area contributed by atoms with Gasteiger partial charge >= 0.3 is 0 Å². The minimum absolute atomic E-state index is 0.00288. The van der Waals surface area contributed by atoms with Crippen molar-refractivity contribution in [3.8, 4) is 0 Å². The molecule has 1 aromatic carbocycles. The highest BCUT2D eigenvalue weighted by Gasteiger charge is 2.08. The molecule has 4 heteroatoms. The Bertz CT molecular complexity index is 348. The maximum absolute atomic E-state index is 7.06. The summed E-state index contributed by atoms with van der Waals surface area (Å²) in [5.41, 5.74) is 7.48. The molecule has 0 heterocycles. The molecule has 0 aliphatic heterocycles. The van der Waals surface area contributed by atoms with E-state index in [1.54, 1.807) is 0 Å². The van der Waals surface area contributed by atoms with Crippen molar-refractivity contribution in [1.82, 2.24) is 5.32 Å². The van der Waals surface area contributed by atoms with Crippen LogP contribution in [-0.4, -0.2) is 11.5 Å². The van der Waals surface area contributed by atoms with E-state index in [2.05, 4.69) is 31.4 Å². The van der Waals surface area contributed by atoms with E-state index in [0.29, 0.717) is 6.54 Å². The van der Waals surface area contributed by atoms with Crippen molar-refractivity contribution in [2.24, 2.45) is 5.73 Å². The molecule has 0 spiro atoms. The molecule has 1 aromatic rings. The van der Waals surface area contributed by atoms with Crippen LogP contribution in [0.1, 0.15) is 26.3 Å². The van der Waals surface area contributed by atoms with Gasteiger partial charge in [0.15, 0.2) is 5.96 Å². The van der Waals surface area contributed by atoms with Gasteiger partial charge in [-0.2, -0.15) is 0 Å². The second-order valence-corrected chi connectivity index (χ2v) is 4.84. The zero-order valence-corrected chi connectivity index (χ0v) is 10.1. The fourth-order valence-electron chi connectivity index (χ4n) is 1.34. The molecule has 0 unspecified atom stereocenters. The number of guanidine groups is 1. The summed E-state index contributed by atoms with van der Waals surface area (Å²) in [6, 6.07) is 8.10. The highest BCUT2D eigenvalue weighted by Crippen LogP contribution is 2.15. The van der Waals surface area contributed by atoms with Crippen molar-refractivity contribution < 1.29 is 0 Å². The van der Waals surface area contributed by atoms with E-state index in [0.717, 1.165) is 11.3 Å². The van der Waals surface area contributed by atoms with Crippen LogP contribution in [0.25, 0.3) is 0 Å². The van der Waals surface area contributed by atoms with Gasteiger partial charge in [-0.1, -0.05) is 12.1 Å². The molecular weight excluding hydrogens is 200 g/mol. The molecule has 4 nitrogen and oxygen atoms in total. The monoisotopic (exact) mass is 220 g/mol. The summed E-state index contributed by atoms with van der Waals surface area (Å²) in [5, 5.41) is 13.2. The van der Waals surface area contributed by atoms with Crippen LogP contribution < -0.4 is 16.4 Å². The molecule has 16 heavy (non-hydrogen) atoms. The van der Waals surface area contributed by atoms with Crippen molar-refractivity contribution in [1.29, 1.82) is 5.41 Å². The first-order valence-electron chi connectivity index (χ1n) is 5.32. The Balaban J connectivity index is 2.57. The topological polar surface area (TPSA) is 73.9 Å². The Morgan fingerprint density at radius 3 is 2.25 bits per heavy atom. The van der Waals surface area contributed by atoms with Crippen LogP contribution in [0.5, 0.6) is 0 Å². The largest absolute Gasteiger partial charge is 0.380 e. The van der Waals surface area contributed by atoms with E-state index in [1.807, 2.05) is 24.3 Å². The maximum atomic E-state index is 7.06. The number of anilines is 1. The van der Waals surface area contributed by atoms with E-state index in [-0.39, 0.29) is 11.5 Å². The van der Waals surface area contributed by atoms with Crippen molar-refractivity contribution in [2.45, 2.75) is 32.9 Å². The van der Waals surface area contributed by atoms with Crippen molar-refractivity contribution >= 4 is 11.6 Å². The molecule has 0 saturated heterocycles. The lowest BCUT2D eigenvalue weighted by Gasteiger charge is -2.22. The zero-order chi connectivity index (χ0) is 12.2. The summed E-state index contributed by atoms with van der Waals surface area (Å²) in [4.78, 5) is 0. The predicted octanol–water partition coefficient (Wildman–Crippen LogP) is 1.88. The molecule has 88 valence electrons. The first kappa shape index (κ1) is 12.4. The van der Waals surface area contributed by atoms with Crippen molar-refractivity contribution in [2.75, 3.05) is 5.32 Å². The maximum Gasteiger partial charge on any atom is 0.185 e. The molecule has 0 fully saturated rings. The number of nitrogens with two attached hydrogens (primary N) is 1. The van der Waals surface area contributed by atoms with Gasteiger partial charge in [-0.25, -0.2) is 0 Å². The van der Waals surface area contributed by atoms with E-state index in [9.17, 15) is 0 Å². The molecule has 0 aliphatic rings. The molecule has 0 atom stereocenters. The van der Waals surface area contributed by atoms with Gasteiger partial charge in [0.05, 0.1) is 0 Å². The molecular formula is C12H20N4. The summed E-state index contributed by atoms with van der Waals surface area (Å²) < 4.78 is 0. The van der Waals surface area contributed by atoms with Gasteiger partial charge in [-0.15, -0.1) is 0 Å². The third-order valence-corrected chi connectivity index (χ3v) is 1.96. The van der Waals surface area contributed by atoms with Gasteiger partial charge in [0.2, 0.25) is 0 Å². The number of rotatable bonds is 3. The summed E-state index contributed by atoms with van der Waals surface area (Å²) in [7, 11) is 0. The highest BCUT2D eigenvalue weighted by molar-refractivity contribution is 5.74. The number of nitrogens with one attached hydrogen (secondary N) is 3. The average Bonchev–Trinajstić information content (AvgIpc) is 2.14. The lowest BCUT2D eigenvalue weighted by molar-refractivity contribution is 0.634.